The lowest BCUT2D eigenvalue weighted by Gasteiger charge is -2.06. The smallest absolute Gasteiger partial charge is 0.450 e. The van der Waals surface area contributed by atoms with Crippen LogP contribution in [0.2, 0.25) is 0 Å². The van der Waals surface area contributed by atoms with Crippen molar-refractivity contribution in [3.63, 3.8) is 0 Å². The highest BCUT2D eigenvalue weighted by atomic mass is 16.7. The molecule has 0 spiro atoms. The van der Waals surface area contributed by atoms with Crippen LogP contribution in [-0.2, 0) is 12.8 Å². The maximum Gasteiger partial charge on any atom is 0.519 e. The van der Waals surface area contributed by atoms with E-state index in [0.717, 1.165) is 12.8 Å². The molecule has 0 saturated heterocycles. The van der Waals surface area contributed by atoms with E-state index in [-0.39, 0.29) is 0 Å². The van der Waals surface area contributed by atoms with E-state index < -0.39 is 12.3 Å². The van der Waals surface area contributed by atoms with Gasteiger partial charge in [-0.2, -0.15) is 0 Å². The van der Waals surface area contributed by atoms with E-state index >= 15 is 0 Å². The van der Waals surface area contributed by atoms with Gasteiger partial charge in [-0.3, -0.25) is 0 Å². The molecule has 0 amide bonds. The van der Waals surface area contributed by atoms with Crippen molar-refractivity contribution < 1.29 is 29.3 Å². The van der Waals surface area contributed by atoms with Gasteiger partial charge in [0.25, 0.3) is 0 Å². The summed E-state index contributed by atoms with van der Waals surface area (Å²) in [7, 11) is 0. The number of carbonyl (C=O) groups is 2. The Morgan fingerprint density at radius 1 is 0.750 bits per heavy atom. The van der Waals surface area contributed by atoms with Gasteiger partial charge in [0.15, 0.2) is 0 Å². The molecule has 0 aliphatic rings. The Labute approximate surface area is 140 Å². The maximum atomic E-state index is 11.6. The fraction of sp³-hybridized carbons (Fsp3) is 0.222. The molecule has 0 aliphatic carbocycles. The minimum Gasteiger partial charge on any atom is -0.450 e. The third-order valence-electron chi connectivity index (χ3n) is 3.07. The van der Waals surface area contributed by atoms with E-state index in [1.807, 2.05) is 24.3 Å². The van der Waals surface area contributed by atoms with Gasteiger partial charge in [0.05, 0.1) is 0 Å². The predicted molar refractivity (Wildman–Crippen MR) is 88.9 cm³/mol. The average molecular weight is 332 g/mol. The SMILES string of the molecule is CCc1ccc(OC(=O)Oc2ccc(CC)cc2)cc1.O=C(O)O. The number of hydrogen-bond acceptors (Lipinski definition) is 4. The van der Waals surface area contributed by atoms with Crippen molar-refractivity contribution in [2.24, 2.45) is 0 Å². The molecule has 24 heavy (non-hydrogen) atoms. The van der Waals surface area contributed by atoms with Crippen LogP contribution in [0.1, 0.15) is 25.0 Å². The predicted octanol–water partition coefficient (Wildman–Crippen LogP) is 4.61. The van der Waals surface area contributed by atoms with Gasteiger partial charge in [-0.1, -0.05) is 38.1 Å². The van der Waals surface area contributed by atoms with Crippen LogP contribution >= 0.6 is 0 Å². The van der Waals surface area contributed by atoms with Crippen LogP contribution in [0.5, 0.6) is 11.5 Å². The Morgan fingerprint density at radius 2 is 1.04 bits per heavy atom. The number of ether oxygens (including phenoxy) is 2. The van der Waals surface area contributed by atoms with Gasteiger partial charge in [0.1, 0.15) is 11.5 Å². The summed E-state index contributed by atoms with van der Waals surface area (Å²) in [4.78, 5) is 20.2. The van der Waals surface area contributed by atoms with Gasteiger partial charge in [0, 0.05) is 0 Å². The summed E-state index contributed by atoms with van der Waals surface area (Å²) in [5.41, 5.74) is 2.39. The maximum absolute atomic E-state index is 11.6. The topological polar surface area (TPSA) is 93.1 Å². The zero-order valence-electron chi connectivity index (χ0n) is 13.6. The normalized spacial score (nSPS) is 9.42. The van der Waals surface area contributed by atoms with Crippen molar-refractivity contribution in [1.29, 1.82) is 0 Å². The first-order valence-electron chi connectivity index (χ1n) is 7.44. The third kappa shape index (κ3) is 7.31. The summed E-state index contributed by atoms with van der Waals surface area (Å²) in [6, 6.07) is 14.8. The Balaban J connectivity index is 0.000000648. The Hall–Kier alpha value is -3.02. The van der Waals surface area contributed by atoms with E-state index in [4.69, 9.17) is 24.5 Å². The van der Waals surface area contributed by atoms with Gasteiger partial charge in [0.2, 0.25) is 0 Å². The second-order valence-electron chi connectivity index (χ2n) is 4.73. The van der Waals surface area contributed by atoms with Crippen LogP contribution in [0.15, 0.2) is 48.5 Å². The molecular weight excluding hydrogens is 312 g/mol. The number of aryl methyl sites for hydroxylation is 2. The van der Waals surface area contributed by atoms with E-state index in [9.17, 15) is 4.79 Å². The van der Waals surface area contributed by atoms with Crippen LogP contribution < -0.4 is 9.47 Å². The highest BCUT2D eigenvalue weighted by molar-refractivity contribution is 5.67. The highest BCUT2D eigenvalue weighted by Crippen LogP contribution is 2.16. The average Bonchev–Trinajstić information content (AvgIpc) is 2.55. The van der Waals surface area contributed by atoms with Crippen LogP contribution in [0, 0.1) is 0 Å². The van der Waals surface area contributed by atoms with Crippen LogP contribution in [0.4, 0.5) is 9.59 Å². The molecule has 6 heteroatoms. The van der Waals surface area contributed by atoms with Gasteiger partial charge < -0.3 is 19.7 Å². The molecule has 0 saturated carbocycles. The van der Waals surface area contributed by atoms with E-state index in [2.05, 4.69) is 13.8 Å². The molecule has 0 unspecified atom stereocenters. The number of hydrogen-bond donors (Lipinski definition) is 2. The quantitative estimate of drug-likeness (QED) is 0.627. The molecule has 2 rings (SSSR count). The van der Waals surface area contributed by atoms with Crippen molar-refractivity contribution in [1.82, 2.24) is 0 Å². The van der Waals surface area contributed by atoms with Crippen molar-refractivity contribution in [3.05, 3.63) is 59.7 Å². The molecule has 0 bridgehead atoms. The van der Waals surface area contributed by atoms with Crippen molar-refractivity contribution in [2.45, 2.75) is 26.7 Å². The Kier molecular flexibility index (Phi) is 7.84. The first-order valence-corrected chi connectivity index (χ1v) is 7.44. The minimum atomic E-state index is -1.83. The summed E-state index contributed by atoms with van der Waals surface area (Å²) >= 11 is 0. The van der Waals surface area contributed by atoms with Crippen LogP contribution in [0.3, 0.4) is 0 Å². The van der Waals surface area contributed by atoms with E-state index in [1.54, 1.807) is 24.3 Å². The molecule has 0 fully saturated rings. The summed E-state index contributed by atoms with van der Waals surface area (Å²) in [6.45, 7) is 4.15. The number of carbonyl (C=O) groups excluding carboxylic acids is 1. The molecule has 2 N–H and O–H groups in total. The van der Waals surface area contributed by atoms with E-state index in [0.29, 0.717) is 11.5 Å². The van der Waals surface area contributed by atoms with Gasteiger partial charge in [-0.05, 0) is 48.2 Å². The van der Waals surface area contributed by atoms with Crippen molar-refractivity contribution in [3.8, 4) is 11.5 Å². The molecular formula is C18H20O6. The molecule has 0 aliphatic heterocycles. The number of rotatable bonds is 4. The summed E-state index contributed by atoms with van der Waals surface area (Å²) in [5, 5.41) is 13.9. The van der Waals surface area contributed by atoms with Crippen LogP contribution in [-0.4, -0.2) is 22.5 Å². The number of benzene rings is 2. The van der Waals surface area contributed by atoms with Crippen molar-refractivity contribution in [2.75, 3.05) is 0 Å². The van der Waals surface area contributed by atoms with Crippen molar-refractivity contribution >= 4 is 12.3 Å². The second-order valence-corrected chi connectivity index (χ2v) is 4.73. The molecule has 2 aromatic rings. The Bertz CT molecular complexity index is 591. The molecule has 2 aromatic carbocycles. The zero-order valence-corrected chi connectivity index (χ0v) is 13.6. The first kappa shape index (κ1) is 19.0. The monoisotopic (exact) mass is 332 g/mol. The fourth-order valence-electron chi connectivity index (χ4n) is 1.80. The second kappa shape index (κ2) is 9.89. The molecule has 0 atom stereocenters. The van der Waals surface area contributed by atoms with E-state index in [1.165, 1.54) is 11.1 Å². The lowest BCUT2D eigenvalue weighted by Crippen LogP contribution is -2.13. The number of carboxylic acid groups (broad SMARTS) is 2. The molecule has 0 aromatic heterocycles. The lowest BCUT2D eigenvalue weighted by molar-refractivity contribution is 0.136. The Morgan fingerprint density at radius 3 is 1.29 bits per heavy atom. The first-order chi connectivity index (χ1) is 11.4. The standard InChI is InChI=1S/C17H18O3.CH2O3/c1-3-13-5-9-15(10-6-13)19-17(18)20-16-11-7-14(4-2)8-12-16;2-1(3)4/h5-12H,3-4H2,1-2H3;(H2,2,3,4). The summed E-state index contributed by atoms with van der Waals surface area (Å²) < 4.78 is 10.2. The highest BCUT2D eigenvalue weighted by Gasteiger charge is 2.07. The van der Waals surface area contributed by atoms with Gasteiger partial charge in [-0.25, -0.2) is 9.59 Å². The largest absolute Gasteiger partial charge is 0.519 e. The molecule has 0 radical (unpaired) electrons. The van der Waals surface area contributed by atoms with Gasteiger partial charge >= 0.3 is 12.3 Å². The van der Waals surface area contributed by atoms with Gasteiger partial charge in [-0.15, -0.1) is 0 Å². The molecule has 6 nitrogen and oxygen atoms in total. The third-order valence-corrected chi connectivity index (χ3v) is 3.07. The van der Waals surface area contributed by atoms with Crippen LogP contribution in [0.25, 0.3) is 0 Å². The fourth-order valence-corrected chi connectivity index (χ4v) is 1.80. The molecule has 0 heterocycles. The minimum absolute atomic E-state index is 0.484. The lowest BCUT2D eigenvalue weighted by atomic mass is 10.2. The zero-order chi connectivity index (χ0) is 17.9. The molecule has 128 valence electrons. The summed E-state index contributed by atoms with van der Waals surface area (Å²) in [6.07, 6.45) is -0.651. The summed E-state index contributed by atoms with van der Waals surface area (Å²) in [5.74, 6) is 0.967.